The van der Waals surface area contributed by atoms with E-state index in [0.717, 1.165) is 11.3 Å². The molecule has 0 unspecified atom stereocenters. The van der Waals surface area contributed by atoms with Crippen LogP contribution in [-0.4, -0.2) is 15.9 Å². The van der Waals surface area contributed by atoms with Crippen molar-refractivity contribution in [3.63, 3.8) is 0 Å². The second-order valence-corrected chi connectivity index (χ2v) is 5.53. The number of nitrogens with two attached hydrogens (primary N) is 1. The van der Waals surface area contributed by atoms with Gasteiger partial charge in [0, 0.05) is 5.69 Å². The number of amides is 1. The highest BCUT2D eigenvalue weighted by Crippen LogP contribution is 2.25. The molecule has 1 amide bonds. The standard InChI is InChI=1S/C18H17FN6O/c1-11-6-8-12(9-7-11)23-16-15(20)17(22-10-21-16)24-25-18(26)13-4-2-3-5-14(13)19/h2-10H,20H2,1H3,(H,25,26)(H2,21,22,23,24). The van der Waals surface area contributed by atoms with Crippen molar-refractivity contribution in [3.8, 4) is 0 Å². The Balaban J connectivity index is 1.72. The van der Waals surface area contributed by atoms with Crippen LogP contribution in [0.25, 0.3) is 0 Å². The van der Waals surface area contributed by atoms with E-state index in [9.17, 15) is 9.18 Å². The van der Waals surface area contributed by atoms with Crippen LogP contribution in [0.2, 0.25) is 0 Å². The van der Waals surface area contributed by atoms with Crippen molar-refractivity contribution in [2.45, 2.75) is 6.92 Å². The molecule has 0 aliphatic rings. The van der Waals surface area contributed by atoms with Gasteiger partial charge in [-0.25, -0.2) is 14.4 Å². The molecule has 3 aromatic rings. The quantitative estimate of drug-likeness (QED) is 0.526. The molecule has 8 heteroatoms. The third kappa shape index (κ3) is 3.86. The molecule has 0 atom stereocenters. The summed E-state index contributed by atoms with van der Waals surface area (Å²) in [5, 5.41) is 3.08. The minimum absolute atomic E-state index is 0.0920. The Morgan fingerprint density at radius 1 is 1.04 bits per heavy atom. The lowest BCUT2D eigenvalue weighted by molar-refractivity contribution is 0.0958. The largest absolute Gasteiger partial charge is 0.393 e. The first-order valence-electron chi connectivity index (χ1n) is 7.79. The number of nitrogens with zero attached hydrogens (tertiary/aromatic N) is 2. The van der Waals surface area contributed by atoms with Crippen LogP contribution in [0.5, 0.6) is 0 Å². The van der Waals surface area contributed by atoms with E-state index < -0.39 is 11.7 Å². The number of hydrogen-bond donors (Lipinski definition) is 4. The smallest absolute Gasteiger partial charge is 0.272 e. The number of rotatable bonds is 5. The molecule has 0 aliphatic heterocycles. The van der Waals surface area contributed by atoms with Gasteiger partial charge in [-0.1, -0.05) is 29.8 Å². The van der Waals surface area contributed by atoms with Crippen molar-refractivity contribution in [2.75, 3.05) is 16.5 Å². The van der Waals surface area contributed by atoms with Crippen LogP contribution in [-0.2, 0) is 0 Å². The van der Waals surface area contributed by atoms with Gasteiger partial charge >= 0.3 is 0 Å². The summed E-state index contributed by atoms with van der Waals surface area (Å²) in [6, 6.07) is 13.3. The first kappa shape index (κ1) is 17.2. The summed E-state index contributed by atoms with van der Waals surface area (Å²) in [5.74, 6) is -0.691. The van der Waals surface area contributed by atoms with Crippen molar-refractivity contribution in [3.05, 3.63) is 71.8 Å². The van der Waals surface area contributed by atoms with Crippen molar-refractivity contribution >= 4 is 28.9 Å². The summed E-state index contributed by atoms with van der Waals surface area (Å²) in [7, 11) is 0. The highest BCUT2D eigenvalue weighted by atomic mass is 19.1. The first-order valence-corrected chi connectivity index (χ1v) is 7.79. The zero-order valence-electron chi connectivity index (χ0n) is 14.0. The van der Waals surface area contributed by atoms with Crippen molar-refractivity contribution in [1.82, 2.24) is 15.4 Å². The van der Waals surface area contributed by atoms with E-state index in [1.807, 2.05) is 31.2 Å². The first-order chi connectivity index (χ1) is 12.5. The van der Waals surface area contributed by atoms with Gasteiger partial charge < -0.3 is 11.1 Å². The third-order valence-corrected chi connectivity index (χ3v) is 3.61. The summed E-state index contributed by atoms with van der Waals surface area (Å²) in [6.45, 7) is 1.99. The van der Waals surface area contributed by atoms with Gasteiger partial charge in [0.05, 0.1) is 5.56 Å². The molecule has 0 spiro atoms. The molecule has 1 aromatic heterocycles. The van der Waals surface area contributed by atoms with E-state index >= 15 is 0 Å². The Hall–Kier alpha value is -3.68. The van der Waals surface area contributed by atoms with E-state index in [0.29, 0.717) is 5.82 Å². The van der Waals surface area contributed by atoms with Gasteiger partial charge in [-0.3, -0.25) is 15.6 Å². The number of halogens is 1. The Morgan fingerprint density at radius 3 is 2.46 bits per heavy atom. The molecule has 1 heterocycles. The number of nitrogens with one attached hydrogen (secondary N) is 3. The zero-order valence-corrected chi connectivity index (χ0v) is 14.0. The minimum atomic E-state index is -0.644. The van der Waals surface area contributed by atoms with E-state index in [2.05, 4.69) is 26.1 Å². The number of benzene rings is 2. The zero-order chi connectivity index (χ0) is 18.5. The molecule has 7 nitrogen and oxygen atoms in total. The van der Waals surface area contributed by atoms with E-state index in [-0.39, 0.29) is 17.1 Å². The molecule has 0 radical (unpaired) electrons. The summed E-state index contributed by atoms with van der Waals surface area (Å²) in [6.07, 6.45) is 1.30. The number of nitrogen functional groups attached to an aromatic ring is 1. The van der Waals surface area contributed by atoms with Crippen LogP contribution in [0.4, 0.5) is 27.4 Å². The van der Waals surface area contributed by atoms with Gasteiger partial charge in [-0.15, -0.1) is 0 Å². The van der Waals surface area contributed by atoms with Crippen molar-refractivity contribution in [2.24, 2.45) is 0 Å². The average molecular weight is 352 g/mol. The van der Waals surface area contributed by atoms with Crippen molar-refractivity contribution in [1.29, 1.82) is 0 Å². The van der Waals surface area contributed by atoms with Gasteiger partial charge in [-0.2, -0.15) is 0 Å². The fraction of sp³-hybridized carbons (Fsp3) is 0.0556. The highest BCUT2D eigenvalue weighted by molar-refractivity contribution is 5.95. The molecular weight excluding hydrogens is 335 g/mol. The third-order valence-electron chi connectivity index (χ3n) is 3.61. The number of carbonyl (C=O) groups excluding carboxylic acids is 1. The van der Waals surface area contributed by atoms with Crippen LogP contribution >= 0.6 is 0 Å². The molecule has 3 rings (SSSR count). The van der Waals surface area contributed by atoms with E-state index in [4.69, 9.17) is 5.73 Å². The van der Waals surface area contributed by atoms with Crippen LogP contribution < -0.4 is 21.9 Å². The number of anilines is 4. The van der Waals surface area contributed by atoms with E-state index in [1.54, 1.807) is 6.07 Å². The Morgan fingerprint density at radius 2 is 1.73 bits per heavy atom. The molecular formula is C18H17FN6O. The Labute approximate surface area is 149 Å². The fourth-order valence-electron chi connectivity index (χ4n) is 2.20. The number of carbonyl (C=O) groups is 1. The van der Waals surface area contributed by atoms with Gasteiger partial charge in [0.1, 0.15) is 17.8 Å². The summed E-state index contributed by atoms with van der Waals surface area (Å²) < 4.78 is 13.6. The van der Waals surface area contributed by atoms with Gasteiger partial charge in [0.15, 0.2) is 11.6 Å². The molecule has 0 saturated heterocycles. The van der Waals surface area contributed by atoms with Crippen LogP contribution in [0, 0.1) is 12.7 Å². The number of aromatic nitrogens is 2. The Kier molecular flexibility index (Phi) is 4.93. The lowest BCUT2D eigenvalue weighted by atomic mass is 10.2. The fourth-order valence-corrected chi connectivity index (χ4v) is 2.20. The summed E-state index contributed by atoms with van der Waals surface area (Å²) in [5.41, 5.74) is 13.1. The SMILES string of the molecule is Cc1ccc(Nc2ncnc(NNC(=O)c3ccccc3F)c2N)cc1. The Bertz CT molecular complexity index is 929. The molecule has 5 N–H and O–H groups in total. The number of hydrazine groups is 1. The van der Waals surface area contributed by atoms with Gasteiger partial charge in [-0.05, 0) is 31.2 Å². The summed E-state index contributed by atoms with van der Waals surface area (Å²) in [4.78, 5) is 20.1. The normalized spacial score (nSPS) is 10.2. The van der Waals surface area contributed by atoms with Crippen LogP contribution in [0.3, 0.4) is 0 Å². The monoisotopic (exact) mass is 352 g/mol. The van der Waals surface area contributed by atoms with Crippen molar-refractivity contribution < 1.29 is 9.18 Å². The van der Waals surface area contributed by atoms with Gasteiger partial charge in [0.25, 0.3) is 5.91 Å². The molecule has 0 aliphatic carbocycles. The lowest BCUT2D eigenvalue weighted by Gasteiger charge is -2.13. The predicted octanol–water partition coefficient (Wildman–Crippen LogP) is 3.01. The maximum atomic E-state index is 13.6. The maximum absolute atomic E-state index is 13.6. The second-order valence-electron chi connectivity index (χ2n) is 5.53. The average Bonchev–Trinajstić information content (AvgIpc) is 2.64. The highest BCUT2D eigenvalue weighted by Gasteiger charge is 2.13. The topological polar surface area (TPSA) is 105 Å². The van der Waals surface area contributed by atoms with E-state index in [1.165, 1.54) is 24.5 Å². The molecule has 132 valence electrons. The van der Waals surface area contributed by atoms with Crippen LogP contribution in [0.15, 0.2) is 54.9 Å². The lowest BCUT2D eigenvalue weighted by Crippen LogP contribution is -2.31. The summed E-state index contributed by atoms with van der Waals surface area (Å²) >= 11 is 0. The minimum Gasteiger partial charge on any atom is -0.393 e. The molecule has 0 bridgehead atoms. The van der Waals surface area contributed by atoms with Gasteiger partial charge in [0.2, 0.25) is 0 Å². The number of hydrogen-bond acceptors (Lipinski definition) is 6. The predicted molar refractivity (Wildman–Crippen MR) is 98.4 cm³/mol. The molecule has 0 fully saturated rings. The maximum Gasteiger partial charge on any atom is 0.272 e. The molecule has 0 saturated carbocycles. The second kappa shape index (κ2) is 7.47. The molecule has 2 aromatic carbocycles. The van der Waals surface area contributed by atoms with Crippen LogP contribution in [0.1, 0.15) is 15.9 Å². The molecule has 26 heavy (non-hydrogen) atoms. The number of aryl methyl sites for hydroxylation is 1.